The monoisotopic (exact) mass is 453 g/mol. The molecule has 0 bridgehead atoms. The first-order chi connectivity index (χ1) is 15.5. The van der Waals surface area contributed by atoms with Crippen molar-refractivity contribution in [3.8, 4) is 0 Å². The third kappa shape index (κ3) is 5.13. The van der Waals surface area contributed by atoms with Crippen molar-refractivity contribution in [3.05, 3.63) is 29.3 Å². The van der Waals surface area contributed by atoms with E-state index in [4.69, 9.17) is 0 Å². The number of aryl methyl sites for hydroxylation is 1. The molecule has 5 heteroatoms. The highest BCUT2D eigenvalue weighted by atomic mass is 16.2. The predicted octanol–water partition coefficient (Wildman–Crippen LogP) is 4.35. The molecule has 182 valence electrons. The van der Waals surface area contributed by atoms with Crippen molar-refractivity contribution in [3.63, 3.8) is 0 Å². The number of hydrogen-bond acceptors (Lipinski definition) is 4. The highest BCUT2D eigenvalue weighted by Crippen LogP contribution is 2.48. The summed E-state index contributed by atoms with van der Waals surface area (Å²) in [5.74, 6) is 2.09. The fourth-order valence-electron chi connectivity index (χ4n) is 6.60. The molecule has 1 N–H and O–H groups in total. The van der Waals surface area contributed by atoms with Crippen molar-refractivity contribution in [2.75, 3.05) is 37.6 Å². The van der Waals surface area contributed by atoms with Gasteiger partial charge in [0.15, 0.2) is 0 Å². The number of carbonyl (C=O) groups is 2. The smallest absolute Gasteiger partial charge is 0.234 e. The van der Waals surface area contributed by atoms with Gasteiger partial charge in [0.2, 0.25) is 5.91 Å². The van der Waals surface area contributed by atoms with Crippen LogP contribution in [0, 0.1) is 37.5 Å². The molecule has 3 aliphatic carbocycles. The summed E-state index contributed by atoms with van der Waals surface area (Å²) >= 11 is 0. The van der Waals surface area contributed by atoms with E-state index in [1.165, 1.54) is 42.5 Å². The molecule has 1 aliphatic heterocycles. The largest absolute Gasteiger partial charge is 0.369 e. The van der Waals surface area contributed by atoms with Crippen molar-refractivity contribution in [1.29, 1.82) is 0 Å². The van der Waals surface area contributed by atoms with Crippen LogP contribution in [0.2, 0.25) is 0 Å². The van der Waals surface area contributed by atoms with E-state index in [0.717, 1.165) is 45.4 Å². The van der Waals surface area contributed by atoms with Gasteiger partial charge in [-0.3, -0.25) is 14.5 Å². The standard InChI is InChI=1S/C27H39N3O2.CH4/c1-18-6-5-9-24(19(18)2)30-14-12-29(13-15-30)17-25(31)28-26-22-8-4-3-7-21(22)16-23(26)27(32)20-10-11-20;/h5-6,9,20-23,26H,3-4,7-8,10-17H2,1-2H3,(H,28,31);1H4. The third-order valence-corrected chi connectivity index (χ3v) is 8.75. The number of nitrogens with zero attached hydrogens (tertiary/aromatic N) is 2. The topological polar surface area (TPSA) is 52.6 Å². The number of nitrogens with one attached hydrogen (secondary N) is 1. The minimum Gasteiger partial charge on any atom is -0.369 e. The minimum absolute atomic E-state index is 0. The summed E-state index contributed by atoms with van der Waals surface area (Å²) < 4.78 is 0. The van der Waals surface area contributed by atoms with Gasteiger partial charge < -0.3 is 10.2 Å². The number of hydrogen-bond donors (Lipinski definition) is 1. The van der Waals surface area contributed by atoms with Gasteiger partial charge in [-0.15, -0.1) is 0 Å². The third-order valence-electron chi connectivity index (χ3n) is 8.75. The molecule has 0 radical (unpaired) electrons. The van der Waals surface area contributed by atoms with Crippen LogP contribution < -0.4 is 10.2 Å². The van der Waals surface area contributed by atoms with E-state index in [2.05, 4.69) is 47.2 Å². The molecular weight excluding hydrogens is 410 g/mol. The van der Waals surface area contributed by atoms with Crippen LogP contribution in [-0.4, -0.2) is 55.4 Å². The van der Waals surface area contributed by atoms with Crippen LogP contribution in [0.4, 0.5) is 5.69 Å². The maximum absolute atomic E-state index is 13.1. The molecule has 1 amide bonds. The van der Waals surface area contributed by atoms with Crippen molar-refractivity contribution < 1.29 is 9.59 Å². The van der Waals surface area contributed by atoms with Gasteiger partial charge in [0.1, 0.15) is 5.78 Å². The fraction of sp³-hybridized carbons (Fsp3) is 0.714. The number of fused-ring (bicyclic) bond motifs is 1. The zero-order valence-corrected chi connectivity index (χ0v) is 19.8. The number of carbonyl (C=O) groups excluding carboxylic acids is 2. The summed E-state index contributed by atoms with van der Waals surface area (Å²) in [7, 11) is 0. The lowest BCUT2D eigenvalue weighted by Crippen LogP contribution is -2.52. The number of piperazine rings is 1. The van der Waals surface area contributed by atoms with Crippen LogP contribution in [0.15, 0.2) is 18.2 Å². The Morgan fingerprint density at radius 2 is 1.73 bits per heavy atom. The normalized spacial score (nSPS) is 29.8. The second-order valence-electron chi connectivity index (χ2n) is 10.8. The van der Waals surface area contributed by atoms with Gasteiger partial charge in [-0.25, -0.2) is 0 Å². The predicted molar refractivity (Wildman–Crippen MR) is 135 cm³/mol. The van der Waals surface area contributed by atoms with Crippen molar-refractivity contribution in [2.24, 2.45) is 23.7 Å². The lowest BCUT2D eigenvalue weighted by molar-refractivity contribution is -0.126. The summed E-state index contributed by atoms with van der Waals surface area (Å²) in [6, 6.07) is 6.59. The average Bonchev–Trinajstić information content (AvgIpc) is 3.59. The molecule has 4 atom stereocenters. The zero-order chi connectivity index (χ0) is 22.2. The zero-order valence-electron chi connectivity index (χ0n) is 19.8. The highest BCUT2D eigenvalue weighted by molar-refractivity contribution is 5.87. The van der Waals surface area contributed by atoms with Crippen LogP contribution in [0.5, 0.6) is 0 Å². The SMILES string of the molecule is C.Cc1cccc(N2CCN(CC(=O)NC3C(C(=O)C4CC4)CC4CCCCC43)CC2)c1C. The number of Topliss-reactive ketones (excluding diaryl/α,β-unsaturated/α-hetero) is 1. The summed E-state index contributed by atoms with van der Waals surface area (Å²) in [6.45, 7) is 8.54. The second kappa shape index (κ2) is 10.2. The Balaban J connectivity index is 0.00000259. The lowest BCUT2D eigenvalue weighted by atomic mass is 9.80. The van der Waals surface area contributed by atoms with E-state index in [1.54, 1.807) is 0 Å². The van der Waals surface area contributed by atoms with Crippen molar-refractivity contribution in [1.82, 2.24) is 10.2 Å². The summed E-state index contributed by atoms with van der Waals surface area (Å²) in [5, 5.41) is 3.38. The van der Waals surface area contributed by atoms with Gasteiger partial charge >= 0.3 is 0 Å². The van der Waals surface area contributed by atoms with E-state index < -0.39 is 0 Å². The maximum atomic E-state index is 13.1. The second-order valence-corrected chi connectivity index (χ2v) is 10.8. The Hall–Kier alpha value is -1.88. The van der Waals surface area contributed by atoms with Crippen molar-refractivity contribution in [2.45, 2.75) is 72.3 Å². The molecule has 1 aromatic carbocycles. The van der Waals surface area contributed by atoms with Gasteiger partial charge in [0.25, 0.3) is 0 Å². The molecule has 1 saturated heterocycles. The quantitative estimate of drug-likeness (QED) is 0.696. The van der Waals surface area contributed by atoms with Gasteiger partial charge in [0.05, 0.1) is 6.54 Å². The summed E-state index contributed by atoms with van der Waals surface area (Å²) in [6.07, 6.45) is 8.10. The molecule has 5 rings (SSSR count). The molecule has 4 fully saturated rings. The van der Waals surface area contributed by atoms with Gasteiger partial charge in [-0.2, -0.15) is 0 Å². The molecule has 4 aliphatic rings. The Kier molecular flexibility index (Phi) is 7.47. The van der Waals surface area contributed by atoms with E-state index in [0.29, 0.717) is 24.2 Å². The van der Waals surface area contributed by atoms with E-state index >= 15 is 0 Å². The fourth-order valence-corrected chi connectivity index (χ4v) is 6.60. The number of ketones is 1. The van der Waals surface area contributed by atoms with Crippen LogP contribution >= 0.6 is 0 Å². The molecule has 4 unspecified atom stereocenters. The van der Waals surface area contributed by atoms with Gasteiger partial charge in [0, 0.05) is 49.7 Å². The minimum atomic E-state index is 0. The number of rotatable bonds is 6. The summed E-state index contributed by atoms with van der Waals surface area (Å²) in [5.41, 5.74) is 4.01. The molecule has 3 saturated carbocycles. The first kappa shape index (κ1) is 24.3. The van der Waals surface area contributed by atoms with Crippen molar-refractivity contribution >= 4 is 17.4 Å². The molecular formula is C28H43N3O2. The first-order valence-electron chi connectivity index (χ1n) is 12.9. The Morgan fingerprint density at radius 3 is 2.45 bits per heavy atom. The summed E-state index contributed by atoms with van der Waals surface area (Å²) in [4.78, 5) is 30.8. The van der Waals surface area contributed by atoms with E-state index in [9.17, 15) is 9.59 Å². The van der Waals surface area contributed by atoms with Crippen LogP contribution in [-0.2, 0) is 9.59 Å². The number of benzene rings is 1. The Morgan fingerprint density at radius 1 is 1.00 bits per heavy atom. The molecule has 5 nitrogen and oxygen atoms in total. The molecule has 0 aromatic heterocycles. The van der Waals surface area contributed by atoms with Crippen LogP contribution in [0.1, 0.15) is 63.5 Å². The molecule has 0 spiro atoms. The number of anilines is 1. The Bertz CT molecular complexity index is 857. The highest BCUT2D eigenvalue weighted by Gasteiger charge is 2.50. The van der Waals surface area contributed by atoms with E-state index in [-0.39, 0.29) is 31.2 Å². The average molecular weight is 454 g/mol. The van der Waals surface area contributed by atoms with E-state index in [1.807, 2.05) is 0 Å². The maximum Gasteiger partial charge on any atom is 0.234 e. The molecule has 1 aromatic rings. The number of amides is 1. The first-order valence-corrected chi connectivity index (χ1v) is 12.9. The Labute approximate surface area is 200 Å². The van der Waals surface area contributed by atoms with Gasteiger partial charge in [-0.05, 0) is 68.6 Å². The molecule has 1 heterocycles. The van der Waals surface area contributed by atoms with Crippen LogP contribution in [0.3, 0.4) is 0 Å². The van der Waals surface area contributed by atoms with Crippen LogP contribution in [0.25, 0.3) is 0 Å². The van der Waals surface area contributed by atoms with Gasteiger partial charge in [-0.1, -0.05) is 38.8 Å². The molecule has 33 heavy (non-hydrogen) atoms. The lowest BCUT2D eigenvalue weighted by Gasteiger charge is -2.37.